The molecule has 2 aromatic carbocycles. The van der Waals surface area contributed by atoms with Gasteiger partial charge >= 0.3 is 6.36 Å². The molecule has 31 heavy (non-hydrogen) atoms. The van der Waals surface area contributed by atoms with Crippen LogP contribution in [0.3, 0.4) is 0 Å². The highest BCUT2D eigenvalue weighted by molar-refractivity contribution is 7.07. The highest BCUT2D eigenvalue weighted by atomic mass is 35.5. The number of aryl methyl sites for hydroxylation is 1. The van der Waals surface area contributed by atoms with E-state index in [-0.39, 0.29) is 30.5 Å². The topological polar surface area (TPSA) is 55.6 Å². The van der Waals surface area contributed by atoms with Crippen LogP contribution in [0.25, 0.3) is 0 Å². The molecule has 0 unspecified atom stereocenters. The summed E-state index contributed by atoms with van der Waals surface area (Å²) >= 11 is 7.40. The van der Waals surface area contributed by atoms with Gasteiger partial charge in [0.1, 0.15) is 5.75 Å². The number of hydrogen-bond acceptors (Lipinski definition) is 4. The number of ether oxygens (including phenoxy) is 1. The van der Waals surface area contributed by atoms with Gasteiger partial charge in [0, 0.05) is 28.8 Å². The Kier molecular flexibility index (Phi) is 8.16. The Hall–Kier alpha value is -2.49. The van der Waals surface area contributed by atoms with Gasteiger partial charge in [0.2, 0.25) is 5.91 Å². The van der Waals surface area contributed by atoms with Gasteiger partial charge in [-0.2, -0.15) is 0 Å². The van der Waals surface area contributed by atoms with E-state index in [1.807, 2.05) is 18.4 Å². The van der Waals surface area contributed by atoms with Crippen LogP contribution in [0.4, 0.5) is 24.5 Å². The van der Waals surface area contributed by atoms with E-state index < -0.39 is 6.36 Å². The third kappa shape index (κ3) is 7.02. The Morgan fingerprint density at radius 2 is 1.90 bits per heavy atom. The number of aromatic nitrogens is 1. The molecule has 0 aliphatic rings. The maximum atomic E-state index is 12.4. The molecular formula is C20H18Cl2F3N3O2S. The quantitative estimate of drug-likeness (QED) is 0.491. The summed E-state index contributed by atoms with van der Waals surface area (Å²) in [5.74, 6) is -0.519. The number of halogens is 5. The van der Waals surface area contributed by atoms with Gasteiger partial charge in [-0.15, -0.1) is 36.9 Å². The van der Waals surface area contributed by atoms with Crippen molar-refractivity contribution < 1.29 is 22.7 Å². The fourth-order valence-corrected chi connectivity index (χ4v) is 3.63. The molecule has 3 rings (SSSR count). The summed E-state index contributed by atoms with van der Waals surface area (Å²) in [6.45, 7) is 1.88. The lowest BCUT2D eigenvalue weighted by molar-refractivity contribution is -0.274. The monoisotopic (exact) mass is 491 g/mol. The van der Waals surface area contributed by atoms with Crippen molar-refractivity contribution in [2.24, 2.45) is 12.0 Å². The molecule has 166 valence electrons. The predicted octanol–water partition coefficient (Wildman–Crippen LogP) is 5.78. The summed E-state index contributed by atoms with van der Waals surface area (Å²) in [5, 5.41) is 5.18. The van der Waals surface area contributed by atoms with Crippen LogP contribution in [0.15, 0.2) is 52.8 Å². The van der Waals surface area contributed by atoms with E-state index in [0.717, 1.165) is 11.3 Å². The molecule has 0 saturated heterocycles. The lowest BCUT2D eigenvalue weighted by Gasteiger charge is -2.08. The zero-order valence-corrected chi connectivity index (χ0v) is 18.8. The van der Waals surface area contributed by atoms with Crippen LogP contribution in [0.2, 0.25) is 5.02 Å². The van der Waals surface area contributed by atoms with E-state index in [0.29, 0.717) is 21.2 Å². The molecule has 0 radical (unpaired) electrons. The van der Waals surface area contributed by atoms with Gasteiger partial charge in [-0.25, -0.2) is 4.99 Å². The molecule has 5 nitrogen and oxygen atoms in total. The molecule has 3 aromatic rings. The van der Waals surface area contributed by atoms with Gasteiger partial charge in [-0.05, 0) is 48.9 Å². The fourth-order valence-electron chi connectivity index (χ4n) is 2.54. The summed E-state index contributed by atoms with van der Waals surface area (Å²) in [5.41, 5.74) is 2.74. The Morgan fingerprint density at radius 1 is 1.23 bits per heavy atom. The van der Waals surface area contributed by atoms with Crippen LogP contribution < -0.4 is 14.9 Å². The summed E-state index contributed by atoms with van der Waals surface area (Å²) in [4.78, 5) is 17.4. The Bertz CT molecular complexity index is 1130. The number of amides is 1. The first kappa shape index (κ1) is 24.8. The minimum absolute atomic E-state index is 0. The minimum Gasteiger partial charge on any atom is -0.406 e. The van der Waals surface area contributed by atoms with E-state index in [9.17, 15) is 18.0 Å². The van der Waals surface area contributed by atoms with E-state index in [1.165, 1.54) is 35.6 Å². The second-order valence-corrected chi connectivity index (χ2v) is 7.65. The van der Waals surface area contributed by atoms with Crippen molar-refractivity contribution in [1.82, 2.24) is 4.57 Å². The second kappa shape index (κ2) is 10.2. The van der Waals surface area contributed by atoms with E-state index in [4.69, 9.17) is 11.6 Å². The first-order valence-electron chi connectivity index (χ1n) is 8.70. The molecule has 0 saturated carbocycles. The molecule has 0 spiro atoms. The molecule has 0 bridgehead atoms. The number of benzene rings is 2. The smallest absolute Gasteiger partial charge is 0.406 e. The minimum atomic E-state index is -4.74. The number of thiazole rings is 1. The van der Waals surface area contributed by atoms with Gasteiger partial charge in [0.15, 0.2) is 4.80 Å². The highest BCUT2D eigenvalue weighted by Gasteiger charge is 2.30. The Labute approximate surface area is 191 Å². The largest absolute Gasteiger partial charge is 0.573 e. The van der Waals surface area contributed by atoms with Crippen molar-refractivity contribution >= 4 is 52.6 Å². The van der Waals surface area contributed by atoms with Crippen LogP contribution in [0, 0.1) is 6.92 Å². The summed E-state index contributed by atoms with van der Waals surface area (Å²) in [7, 11) is 1.77. The Morgan fingerprint density at radius 3 is 2.52 bits per heavy atom. The summed E-state index contributed by atoms with van der Waals surface area (Å²) in [6, 6.07) is 10.5. The number of nitrogens with zero attached hydrogens (tertiary/aromatic N) is 2. The van der Waals surface area contributed by atoms with Gasteiger partial charge in [-0.3, -0.25) is 4.79 Å². The second-order valence-electron chi connectivity index (χ2n) is 6.41. The lowest BCUT2D eigenvalue weighted by Crippen LogP contribution is -2.19. The van der Waals surface area contributed by atoms with Crippen molar-refractivity contribution in [2.45, 2.75) is 19.7 Å². The normalized spacial score (nSPS) is 11.7. The predicted molar refractivity (Wildman–Crippen MR) is 117 cm³/mol. The molecule has 0 atom stereocenters. The molecule has 1 aromatic heterocycles. The summed E-state index contributed by atoms with van der Waals surface area (Å²) < 4.78 is 42.3. The van der Waals surface area contributed by atoms with Crippen LogP contribution in [-0.2, 0) is 18.3 Å². The first-order valence-corrected chi connectivity index (χ1v) is 9.96. The zero-order valence-electron chi connectivity index (χ0n) is 16.4. The van der Waals surface area contributed by atoms with Gasteiger partial charge in [0.25, 0.3) is 0 Å². The molecule has 1 N–H and O–H groups in total. The maximum Gasteiger partial charge on any atom is 0.573 e. The van der Waals surface area contributed by atoms with E-state index in [1.54, 1.807) is 23.7 Å². The average molecular weight is 492 g/mol. The number of alkyl halides is 3. The number of rotatable bonds is 5. The van der Waals surface area contributed by atoms with Gasteiger partial charge in [0.05, 0.1) is 12.1 Å². The number of carbonyl (C=O) groups is 1. The summed E-state index contributed by atoms with van der Waals surface area (Å²) in [6.07, 6.45) is -4.61. The molecule has 0 aliphatic carbocycles. The van der Waals surface area contributed by atoms with Crippen molar-refractivity contribution in [1.29, 1.82) is 0 Å². The number of nitrogens with one attached hydrogen (secondary N) is 1. The number of carbonyl (C=O) groups excluding carboxylic acids is 1. The van der Waals surface area contributed by atoms with Crippen molar-refractivity contribution in [3.63, 3.8) is 0 Å². The van der Waals surface area contributed by atoms with Crippen LogP contribution in [0.1, 0.15) is 11.3 Å². The molecule has 1 amide bonds. The molecule has 1 heterocycles. The van der Waals surface area contributed by atoms with E-state index >= 15 is 0 Å². The first-order chi connectivity index (χ1) is 14.1. The molecular weight excluding hydrogens is 474 g/mol. The van der Waals surface area contributed by atoms with Gasteiger partial charge in [-0.1, -0.05) is 17.7 Å². The number of hydrogen-bond donors (Lipinski definition) is 1. The maximum absolute atomic E-state index is 12.4. The van der Waals surface area contributed by atoms with E-state index in [2.05, 4.69) is 15.0 Å². The zero-order chi connectivity index (χ0) is 21.9. The fraction of sp³-hybridized carbons (Fsp3) is 0.200. The number of anilines is 1. The molecule has 0 fully saturated rings. The average Bonchev–Trinajstić information content (AvgIpc) is 2.98. The van der Waals surface area contributed by atoms with Crippen molar-refractivity contribution in [2.75, 3.05) is 5.32 Å². The Balaban J connectivity index is 0.00000341. The van der Waals surface area contributed by atoms with Crippen molar-refractivity contribution in [3.8, 4) is 5.75 Å². The molecule has 0 aliphatic heterocycles. The van der Waals surface area contributed by atoms with Crippen LogP contribution >= 0.6 is 35.3 Å². The van der Waals surface area contributed by atoms with Crippen molar-refractivity contribution in [3.05, 3.63) is 68.9 Å². The van der Waals surface area contributed by atoms with Gasteiger partial charge < -0.3 is 14.6 Å². The molecule has 11 heteroatoms. The highest BCUT2D eigenvalue weighted by Crippen LogP contribution is 2.25. The lowest BCUT2D eigenvalue weighted by atomic mass is 10.2. The third-order valence-electron chi connectivity index (χ3n) is 4.11. The standard InChI is InChI=1S/C20H17ClF3N3O2S.ClH/c1-12-3-4-14(9-17(12)21)25-18(28)10-15-11-30-19(27(15)2)26-13-5-7-16(8-6-13)29-20(22,23)24;/h3-9,11H,10H2,1-2H3,(H,25,28);1H/b26-19-;. The van der Waals surface area contributed by atoms with Crippen LogP contribution in [0.5, 0.6) is 5.75 Å². The SMILES string of the molecule is Cc1ccc(NC(=O)Cc2cs/c(=N\c3ccc(OC(F)(F)F)cc3)n2C)cc1Cl.Cl. The third-order valence-corrected chi connectivity index (χ3v) is 5.48. The van der Waals surface area contributed by atoms with Crippen LogP contribution in [-0.4, -0.2) is 16.8 Å².